The first kappa shape index (κ1) is 23.2. The van der Waals surface area contributed by atoms with E-state index in [2.05, 4.69) is 6.92 Å². The van der Waals surface area contributed by atoms with Gasteiger partial charge in [-0.3, -0.25) is 9.59 Å². The van der Waals surface area contributed by atoms with E-state index in [4.69, 9.17) is 14.2 Å². The van der Waals surface area contributed by atoms with E-state index in [1.165, 1.54) is 0 Å². The monoisotopic (exact) mass is 432 g/mol. The predicted octanol–water partition coefficient (Wildman–Crippen LogP) is 3.14. The van der Waals surface area contributed by atoms with Gasteiger partial charge < -0.3 is 24.0 Å². The molecule has 0 radical (unpaired) electrons. The lowest BCUT2D eigenvalue weighted by Gasteiger charge is -2.36. The SMILES string of the molecule is COc1cc(CCC(=O)N2CCC(C(=O)N3CCC(C)CC3)CC2)cc(OC)c1OC. The third-order valence-corrected chi connectivity index (χ3v) is 6.64. The Balaban J connectivity index is 1.50. The van der Waals surface area contributed by atoms with Crippen molar-refractivity contribution in [2.45, 2.75) is 45.4 Å². The molecule has 1 aromatic rings. The number of hydrogen-bond acceptors (Lipinski definition) is 5. The average Bonchev–Trinajstić information content (AvgIpc) is 2.81. The van der Waals surface area contributed by atoms with E-state index in [-0.39, 0.29) is 17.7 Å². The molecule has 2 fully saturated rings. The predicted molar refractivity (Wildman–Crippen MR) is 119 cm³/mol. The molecule has 1 aromatic carbocycles. The highest BCUT2D eigenvalue weighted by Crippen LogP contribution is 2.38. The molecule has 2 aliphatic rings. The zero-order valence-corrected chi connectivity index (χ0v) is 19.3. The highest BCUT2D eigenvalue weighted by Gasteiger charge is 2.31. The Hall–Kier alpha value is -2.44. The van der Waals surface area contributed by atoms with Crippen molar-refractivity contribution < 1.29 is 23.8 Å². The van der Waals surface area contributed by atoms with E-state index in [9.17, 15) is 9.59 Å². The van der Waals surface area contributed by atoms with Crippen molar-refractivity contribution in [1.82, 2.24) is 9.80 Å². The number of carbonyl (C=O) groups is 2. The van der Waals surface area contributed by atoms with Crippen molar-refractivity contribution in [2.24, 2.45) is 11.8 Å². The number of likely N-dealkylation sites (tertiary alicyclic amines) is 2. The Morgan fingerprint density at radius 3 is 1.94 bits per heavy atom. The van der Waals surface area contributed by atoms with Crippen LogP contribution in [0.1, 0.15) is 44.6 Å². The molecule has 0 spiro atoms. The molecule has 7 nitrogen and oxygen atoms in total. The van der Waals surface area contributed by atoms with Gasteiger partial charge in [0, 0.05) is 38.5 Å². The molecule has 2 amide bonds. The maximum atomic E-state index is 12.8. The van der Waals surface area contributed by atoms with Crippen LogP contribution in [0.4, 0.5) is 0 Å². The summed E-state index contributed by atoms with van der Waals surface area (Å²) in [5.74, 6) is 2.94. The zero-order valence-electron chi connectivity index (χ0n) is 19.3. The van der Waals surface area contributed by atoms with Crippen LogP contribution in [-0.2, 0) is 16.0 Å². The molecule has 0 atom stereocenters. The number of aryl methyl sites for hydroxylation is 1. The molecular formula is C24H36N2O5. The third-order valence-electron chi connectivity index (χ3n) is 6.64. The first-order valence-electron chi connectivity index (χ1n) is 11.3. The maximum absolute atomic E-state index is 12.8. The van der Waals surface area contributed by atoms with Gasteiger partial charge in [0.2, 0.25) is 17.6 Å². The Morgan fingerprint density at radius 1 is 0.871 bits per heavy atom. The molecular weight excluding hydrogens is 396 g/mol. The van der Waals surface area contributed by atoms with Gasteiger partial charge in [-0.25, -0.2) is 0 Å². The van der Waals surface area contributed by atoms with Crippen LogP contribution in [0.5, 0.6) is 17.2 Å². The topological polar surface area (TPSA) is 68.3 Å². The largest absolute Gasteiger partial charge is 0.493 e. The van der Waals surface area contributed by atoms with Crippen molar-refractivity contribution in [2.75, 3.05) is 47.5 Å². The minimum atomic E-state index is 0.0626. The number of rotatable bonds is 7. The highest BCUT2D eigenvalue weighted by molar-refractivity contribution is 5.80. The number of methoxy groups -OCH3 is 3. The van der Waals surface area contributed by atoms with Gasteiger partial charge in [0.05, 0.1) is 21.3 Å². The Kier molecular flexibility index (Phi) is 8.04. The fourth-order valence-electron chi connectivity index (χ4n) is 4.55. The highest BCUT2D eigenvalue weighted by atomic mass is 16.5. The first-order valence-corrected chi connectivity index (χ1v) is 11.3. The molecule has 2 heterocycles. The van der Waals surface area contributed by atoms with E-state index in [1.54, 1.807) is 21.3 Å². The summed E-state index contributed by atoms with van der Waals surface area (Å²) in [4.78, 5) is 29.5. The summed E-state index contributed by atoms with van der Waals surface area (Å²) in [5.41, 5.74) is 0.965. The number of amides is 2. The second-order valence-electron chi connectivity index (χ2n) is 8.70. The smallest absolute Gasteiger partial charge is 0.225 e. The van der Waals surface area contributed by atoms with Gasteiger partial charge in [-0.2, -0.15) is 0 Å². The number of piperidine rings is 2. The zero-order chi connectivity index (χ0) is 22.4. The maximum Gasteiger partial charge on any atom is 0.225 e. The van der Waals surface area contributed by atoms with E-state index in [0.717, 1.165) is 44.3 Å². The third kappa shape index (κ3) is 5.63. The number of nitrogens with zero attached hydrogens (tertiary/aromatic N) is 2. The van der Waals surface area contributed by atoms with Crippen LogP contribution in [-0.4, -0.2) is 69.1 Å². The lowest BCUT2D eigenvalue weighted by Crippen LogP contribution is -2.46. The van der Waals surface area contributed by atoms with Crippen LogP contribution >= 0.6 is 0 Å². The average molecular weight is 433 g/mol. The molecule has 0 bridgehead atoms. The summed E-state index contributed by atoms with van der Waals surface area (Å²) in [5, 5.41) is 0. The first-order chi connectivity index (χ1) is 15.0. The van der Waals surface area contributed by atoms with Crippen molar-refractivity contribution in [3.05, 3.63) is 17.7 Å². The molecule has 0 saturated carbocycles. The summed E-state index contributed by atoms with van der Waals surface area (Å²) < 4.78 is 16.1. The number of carbonyl (C=O) groups excluding carboxylic acids is 2. The van der Waals surface area contributed by atoms with Crippen LogP contribution in [0.2, 0.25) is 0 Å². The Bertz CT molecular complexity index is 740. The van der Waals surface area contributed by atoms with Gasteiger partial charge in [-0.1, -0.05) is 6.92 Å². The van der Waals surface area contributed by atoms with E-state index in [1.807, 2.05) is 21.9 Å². The van der Waals surface area contributed by atoms with Gasteiger partial charge >= 0.3 is 0 Å². The Morgan fingerprint density at radius 2 is 1.42 bits per heavy atom. The molecule has 0 aromatic heterocycles. The summed E-state index contributed by atoms with van der Waals surface area (Å²) in [6, 6.07) is 3.78. The minimum absolute atomic E-state index is 0.0626. The van der Waals surface area contributed by atoms with Gasteiger partial charge in [0.15, 0.2) is 11.5 Å². The second-order valence-corrected chi connectivity index (χ2v) is 8.70. The summed E-state index contributed by atoms with van der Waals surface area (Å²) in [6.45, 7) is 5.34. The Labute approximate surface area is 185 Å². The standard InChI is InChI=1S/C24H36N2O5/c1-17-7-11-26(12-8-17)24(28)19-9-13-25(14-10-19)22(27)6-5-18-15-20(29-2)23(31-4)21(16-18)30-3/h15-17,19H,5-14H2,1-4H3. The molecule has 2 saturated heterocycles. The summed E-state index contributed by atoms with van der Waals surface area (Å²) in [6.07, 6.45) is 4.75. The lowest BCUT2D eigenvalue weighted by molar-refractivity contribution is -0.141. The molecule has 0 unspecified atom stereocenters. The van der Waals surface area contributed by atoms with Crippen molar-refractivity contribution in [1.29, 1.82) is 0 Å². The van der Waals surface area contributed by atoms with Crippen LogP contribution in [0, 0.1) is 11.8 Å². The summed E-state index contributed by atoms with van der Waals surface area (Å²) in [7, 11) is 4.74. The number of ether oxygens (including phenoxy) is 3. The molecule has 2 aliphatic heterocycles. The fourth-order valence-corrected chi connectivity index (χ4v) is 4.55. The van der Waals surface area contributed by atoms with Gasteiger partial charge in [0.25, 0.3) is 0 Å². The second kappa shape index (κ2) is 10.7. The quantitative estimate of drug-likeness (QED) is 0.662. The molecule has 172 valence electrons. The lowest BCUT2D eigenvalue weighted by atomic mass is 9.92. The molecule has 7 heteroatoms. The number of benzene rings is 1. The van der Waals surface area contributed by atoms with Gasteiger partial charge in [0.1, 0.15) is 0 Å². The van der Waals surface area contributed by atoms with Crippen molar-refractivity contribution in [3.8, 4) is 17.2 Å². The molecule has 0 aliphatic carbocycles. The fraction of sp³-hybridized carbons (Fsp3) is 0.667. The van der Waals surface area contributed by atoms with E-state index < -0.39 is 0 Å². The van der Waals surface area contributed by atoms with Crippen LogP contribution in [0.15, 0.2) is 12.1 Å². The summed E-state index contributed by atoms with van der Waals surface area (Å²) >= 11 is 0. The molecule has 0 N–H and O–H groups in total. The number of hydrogen-bond donors (Lipinski definition) is 0. The van der Waals surface area contributed by atoms with Crippen molar-refractivity contribution >= 4 is 11.8 Å². The normalized spacial score (nSPS) is 18.1. The van der Waals surface area contributed by atoms with Gasteiger partial charge in [-0.15, -0.1) is 0 Å². The van der Waals surface area contributed by atoms with Crippen LogP contribution in [0.25, 0.3) is 0 Å². The van der Waals surface area contributed by atoms with Crippen LogP contribution < -0.4 is 14.2 Å². The van der Waals surface area contributed by atoms with Crippen molar-refractivity contribution in [3.63, 3.8) is 0 Å². The van der Waals surface area contributed by atoms with E-state index >= 15 is 0 Å². The minimum Gasteiger partial charge on any atom is -0.493 e. The molecule has 3 rings (SSSR count). The van der Waals surface area contributed by atoms with E-state index in [0.29, 0.717) is 49.1 Å². The van der Waals surface area contributed by atoms with Gasteiger partial charge in [-0.05, 0) is 55.7 Å². The van der Waals surface area contributed by atoms with Crippen LogP contribution in [0.3, 0.4) is 0 Å². The molecule has 31 heavy (non-hydrogen) atoms.